The third kappa shape index (κ3) is 2.36. The minimum Gasteiger partial charge on any atom is -0.355 e. The van der Waals surface area contributed by atoms with Gasteiger partial charge in [0.1, 0.15) is 0 Å². The number of imidazole rings is 1. The Morgan fingerprint density at radius 1 is 1.29 bits per heavy atom. The number of rotatable bonds is 3. The quantitative estimate of drug-likeness (QED) is 0.945. The van der Waals surface area contributed by atoms with Crippen molar-refractivity contribution in [3.63, 3.8) is 0 Å². The topological polar surface area (TPSA) is 32.6 Å². The molecule has 1 saturated heterocycles. The Kier molecular flexibility index (Phi) is 3.63. The Morgan fingerprint density at radius 2 is 2.14 bits per heavy atom. The summed E-state index contributed by atoms with van der Waals surface area (Å²) >= 11 is 1.73. The molecule has 114 valence electrons. The van der Waals surface area contributed by atoms with Crippen LogP contribution in [0.1, 0.15) is 37.8 Å². The van der Waals surface area contributed by atoms with E-state index in [1.165, 1.54) is 56.7 Å². The van der Waals surface area contributed by atoms with Crippen LogP contribution in [0.15, 0.2) is 11.6 Å². The summed E-state index contributed by atoms with van der Waals surface area (Å²) in [6, 6.07) is 0. The molecule has 4 nitrogen and oxygen atoms in total. The molecule has 2 fully saturated rings. The van der Waals surface area contributed by atoms with Gasteiger partial charge in [0.05, 0.1) is 5.69 Å². The number of hydrogen-bond acceptors (Lipinski definition) is 4. The summed E-state index contributed by atoms with van der Waals surface area (Å²) in [6.45, 7) is 3.28. The molecule has 3 heterocycles. The highest BCUT2D eigenvalue weighted by Gasteiger charge is 2.33. The monoisotopic (exact) mass is 304 g/mol. The van der Waals surface area contributed by atoms with Crippen molar-refractivity contribution in [2.45, 2.75) is 38.6 Å². The summed E-state index contributed by atoms with van der Waals surface area (Å²) in [4.78, 5) is 8.60. The van der Waals surface area contributed by atoms with Crippen LogP contribution in [0.3, 0.4) is 0 Å². The van der Waals surface area contributed by atoms with Crippen LogP contribution in [0, 0.1) is 11.8 Å². The molecule has 0 spiro atoms. The lowest BCUT2D eigenvalue weighted by atomic mass is 9.75. The number of fused-ring (bicyclic) bond motifs is 2. The molecule has 1 aliphatic heterocycles. The Morgan fingerprint density at radius 3 is 3.00 bits per heavy atom. The minimum atomic E-state index is 0.887. The Balaban J connectivity index is 1.63. The van der Waals surface area contributed by atoms with Crippen LogP contribution in [0.4, 0.5) is 5.82 Å². The van der Waals surface area contributed by atoms with Crippen molar-refractivity contribution >= 4 is 22.1 Å². The van der Waals surface area contributed by atoms with E-state index in [1.54, 1.807) is 11.3 Å². The fourth-order valence-electron chi connectivity index (χ4n) is 4.20. The van der Waals surface area contributed by atoms with E-state index in [0.717, 1.165) is 23.3 Å². The number of thiazole rings is 1. The Hall–Kier alpha value is -1.07. The van der Waals surface area contributed by atoms with E-state index in [1.807, 2.05) is 7.05 Å². The minimum absolute atomic E-state index is 0.887. The lowest BCUT2D eigenvalue weighted by Crippen LogP contribution is -2.42. The van der Waals surface area contributed by atoms with Gasteiger partial charge < -0.3 is 10.2 Å². The maximum Gasteiger partial charge on any atom is 0.195 e. The third-order valence-corrected chi connectivity index (χ3v) is 6.03. The van der Waals surface area contributed by atoms with Crippen molar-refractivity contribution in [1.82, 2.24) is 14.7 Å². The van der Waals surface area contributed by atoms with E-state index in [2.05, 4.69) is 26.2 Å². The molecule has 2 aromatic heterocycles. The third-order valence-electron chi connectivity index (χ3n) is 5.27. The summed E-state index contributed by atoms with van der Waals surface area (Å²) in [5.74, 6) is 3.10. The predicted octanol–water partition coefficient (Wildman–Crippen LogP) is 3.13. The number of hydrogen-bond donors (Lipinski definition) is 1. The first-order valence-electron chi connectivity index (χ1n) is 8.21. The molecule has 1 N–H and O–H groups in total. The molecule has 2 aliphatic rings. The van der Waals surface area contributed by atoms with E-state index in [4.69, 9.17) is 4.98 Å². The van der Waals surface area contributed by atoms with Crippen molar-refractivity contribution in [2.75, 3.05) is 25.0 Å². The van der Waals surface area contributed by atoms with Crippen LogP contribution >= 0.6 is 11.3 Å². The molecule has 2 atom stereocenters. The average molecular weight is 304 g/mol. The van der Waals surface area contributed by atoms with Crippen LogP contribution in [-0.4, -0.2) is 29.5 Å². The molecule has 0 radical (unpaired) electrons. The van der Waals surface area contributed by atoms with Crippen LogP contribution in [0.2, 0.25) is 0 Å². The molecular weight excluding hydrogens is 280 g/mol. The zero-order valence-electron chi connectivity index (χ0n) is 12.7. The number of nitrogens with zero attached hydrogens (tertiary/aromatic N) is 3. The van der Waals surface area contributed by atoms with E-state index < -0.39 is 0 Å². The van der Waals surface area contributed by atoms with Crippen LogP contribution in [0.5, 0.6) is 0 Å². The highest BCUT2D eigenvalue weighted by molar-refractivity contribution is 7.15. The fraction of sp³-hybridized carbons (Fsp3) is 0.688. The highest BCUT2D eigenvalue weighted by Crippen LogP contribution is 2.38. The molecule has 1 aliphatic carbocycles. The van der Waals surface area contributed by atoms with Gasteiger partial charge in [-0.2, -0.15) is 0 Å². The first-order chi connectivity index (χ1) is 10.4. The summed E-state index contributed by atoms with van der Waals surface area (Å²) in [6.07, 6.45) is 9.26. The standard InChI is InChI=1S/C16H24N4S/c1-17-10-14-15(18-16-20(14)8-9-21-16)19-7-6-12-4-2-3-5-13(12)11-19/h8-9,12-13,17H,2-7,10-11H2,1H3. The first-order valence-corrected chi connectivity index (χ1v) is 9.08. The zero-order chi connectivity index (χ0) is 14.2. The molecular formula is C16H24N4S. The molecule has 2 unspecified atom stereocenters. The van der Waals surface area contributed by atoms with Gasteiger partial charge in [0.2, 0.25) is 0 Å². The second kappa shape index (κ2) is 5.61. The number of nitrogens with one attached hydrogen (secondary N) is 1. The van der Waals surface area contributed by atoms with Crippen LogP contribution in [-0.2, 0) is 6.54 Å². The number of aromatic nitrogens is 2. The van der Waals surface area contributed by atoms with Crippen molar-refractivity contribution in [3.8, 4) is 0 Å². The molecule has 2 aromatic rings. The molecule has 0 bridgehead atoms. The van der Waals surface area contributed by atoms with Gasteiger partial charge >= 0.3 is 0 Å². The highest BCUT2D eigenvalue weighted by atomic mass is 32.1. The van der Waals surface area contributed by atoms with E-state index in [-0.39, 0.29) is 0 Å². The van der Waals surface area contributed by atoms with E-state index >= 15 is 0 Å². The lowest BCUT2D eigenvalue weighted by molar-refractivity contribution is 0.202. The second-order valence-electron chi connectivity index (χ2n) is 6.51. The fourth-order valence-corrected chi connectivity index (χ4v) is 4.93. The van der Waals surface area contributed by atoms with Crippen molar-refractivity contribution in [1.29, 1.82) is 0 Å². The molecule has 0 amide bonds. The predicted molar refractivity (Wildman–Crippen MR) is 88.1 cm³/mol. The van der Waals surface area contributed by atoms with Gasteiger partial charge in [0.15, 0.2) is 10.8 Å². The first kappa shape index (κ1) is 13.6. The van der Waals surface area contributed by atoms with Gasteiger partial charge in [-0.3, -0.25) is 4.40 Å². The van der Waals surface area contributed by atoms with Gasteiger partial charge in [-0.15, -0.1) is 11.3 Å². The number of anilines is 1. The lowest BCUT2D eigenvalue weighted by Gasteiger charge is -2.41. The second-order valence-corrected chi connectivity index (χ2v) is 7.38. The molecule has 0 aromatic carbocycles. The number of piperidine rings is 1. The maximum absolute atomic E-state index is 4.92. The molecule has 21 heavy (non-hydrogen) atoms. The molecule has 1 saturated carbocycles. The van der Waals surface area contributed by atoms with Crippen molar-refractivity contribution in [3.05, 3.63) is 17.3 Å². The smallest absolute Gasteiger partial charge is 0.195 e. The van der Waals surface area contributed by atoms with Crippen molar-refractivity contribution < 1.29 is 0 Å². The molecule has 5 heteroatoms. The summed E-state index contributed by atoms with van der Waals surface area (Å²) in [5, 5.41) is 5.43. The van der Waals surface area contributed by atoms with E-state index in [0.29, 0.717) is 0 Å². The van der Waals surface area contributed by atoms with Crippen LogP contribution < -0.4 is 10.2 Å². The van der Waals surface area contributed by atoms with Gasteiger partial charge in [-0.05, 0) is 31.7 Å². The summed E-state index contributed by atoms with van der Waals surface area (Å²) < 4.78 is 2.25. The van der Waals surface area contributed by atoms with Gasteiger partial charge in [0.25, 0.3) is 0 Å². The SMILES string of the molecule is CNCc1c(N2CCC3CCCCC3C2)nc2sccn12. The van der Waals surface area contributed by atoms with Gasteiger partial charge in [-0.1, -0.05) is 19.3 Å². The zero-order valence-corrected chi connectivity index (χ0v) is 13.5. The van der Waals surface area contributed by atoms with Gasteiger partial charge in [0, 0.05) is 31.2 Å². The van der Waals surface area contributed by atoms with E-state index in [9.17, 15) is 0 Å². The van der Waals surface area contributed by atoms with Crippen LogP contribution in [0.25, 0.3) is 4.96 Å². The van der Waals surface area contributed by atoms with Gasteiger partial charge in [-0.25, -0.2) is 4.98 Å². The largest absolute Gasteiger partial charge is 0.355 e. The maximum atomic E-state index is 4.92. The summed E-state index contributed by atoms with van der Waals surface area (Å²) in [5.41, 5.74) is 1.32. The normalized spacial score (nSPS) is 26.2. The average Bonchev–Trinajstić information content (AvgIpc) is 3.10. The van der Waals surface area contributed by atoms with Crippen molar-refractivity contribution in [2.24, 2.45) is 11.8 Å². The Labute approximate surface area is 130 Å². The molecule has 4 rings (SSSR count). The summed E-state index contributed by atoms with van der Waals surface area (Å²) in [7, 11) is 2.02. The Bertz CT molecular complexity index is 617.